The summed E-state index contributed by atoms with van der Waals surface area (Å²) in [4.78, 5) is 11.0. The Morgan fingerprint density at radius 2 is 1.89 bits per heavy atom. The first kappa shape index (κ1) is 13.1. The second kappa shape index (κ2) is 5.53. The molecule has 0 amide bonds. The van der Waals surface area contributed by atoms with Crippen molar-refractivity contribution in [3.05, 3.63) is 29.8 Å². The van der Waals surface area contributed by atoms with E-state index in [0.29, 0.717) is 13.0 Å². The molecule has 1 aliphatic rings. The first-order chi connectivity index (χ1) is 8.57. The molecule has 98 valence electrons. The minimum Gasteiger partial charge on any atom is -0.491 e. The zero-order valence-electron chi connectivity index (χ0n) is 10.8. The Hall–Kier alpha value is -1.35. The number of benzene rings is 1. The highest BCUT2D eigenvalue weighted by Crippen LogP contribution is 2.30. The molecule has 0 unspecified atom stereocenters. The van der Waals surface area contributed by atoms with Crippen molar-refractivity contribution >= 4 is 5.78 Å². The van der Waals surface area contributed by atoms with Crippen LogP contribution in [-0.2, 0) is 11.2 Å². The van der Waals surface area contributed by atoms with E-state index in [1.165, 1.54) is 0 Å². The normalized spacial score (nSPS) is 17.7. The average Bonchev–Trinajstić information content (AvgIpc) is 2.75. The first-order valence-electron chi connectivity index (χ1n) is 6.51. The van der Waals surface area contributed by atoms with E-state index in [1.54, 1.807) is 6.92 Å². The maximum Gasteiger partial charge on any atom is 0.134 e. The lowest BCUT2D eigenvalue weighted by molar-refractivity contribution is -0.116. The number of Topliss-reactive ketones (excluding diaryl/α,β-unsaturated/α-hetero) is 1. The summed E-state index contributed by atoms with van der Waals surface area (Å²) >= 11 is 0. The fourth-order valence-electron chi connectivity index (χ4n) is 2.39. The topological polar surface area (TPSA) is 46.5 Å². The summed E-state index contributed by atoms with van der Waals surface area (Å²) in [5.41, 5.74) is 0.354. The second-order valence-corrected chi connectivity index (χ2v) is 5.24. The fraction of sp³-hybridized carbons (Fsp3) is 0.533. The number of aliphatic hydroxyl groups is 1. The quantitative estimate of drug-likeness (QED) is 0.871. The number of carbonyl (C=O) groups excluding carboxylic acids is 1. The maximum absolute atomic E-state index is 11.0. The van der Waals surface area contributed by atoms with Gasteiger partial charge in [0.15, 0.2) is 0 Å². The van der Waals surface area contributed by atoms with Crippen molar-refractivity contribution in [2.24, 2.45) is 0 Å². The molecule has 0 aromatic heterocycles. The van der Waals surface area contributed by atoms with Gasteiger partial charge in [-0.3, -0.25) is 4.79 Å². The lowest BCUT2D eigenvalue weighted by atomic mass is 10.0. The molecular weight excluding hydrogens is 228 g/mol. The van der Waals surface area contributed by atoms with Crippen molar-refractivity contribution in [1.82, 2.24) is 0 Å². The van der Waals surface area contributed by atoms with Crippen molar-refractivity contribution in [2.75, 3.05) is 6.61 Å². The summed E-state index contributed by atoms with van der Waals surface area (Å²) in [6, 6.07) is 7.51. The minimum atomic E-state index is -0.641. The number of rotatable bonds is 5. The van der Waals surface area contributed by atoms with Gasteiger partial charge in [0.2, 0.25) is 0 Å². The Labute approximate surface area is 108 Å². The molecule has 1 N–H and O–H groups in total. The van der Waals surface area contributed by atoms with E-state index < -0.39 is 5.60 Å². The van der Waals surface area contributed by atoms with Crippen molar-refractivity contribution in [3.63, 3.8) is 0 Å². The third-order valence-corrected chi connectivity index (χ3v) is 3.42. The van der Waals surface area contributed by atoms with Gasteiger partial charge in [-0.2, -0.15) is 0 Å². The van der Waals surface area contributed by atoms with E-state index >= 15 is 0 Å². The summed E-state index contributed by atoms with van der Waals surface area (Å²) in [6.45, 7) is 1.94. The van der Waals surface area contributed by atoms with Crippen molar-refractivity contribution in [1.29, 1.82) is 0 Å². The molecule has 1 aromatic carbocycles. The standard InChI is InChI=1S/C15H20O3/c1-12(16)10-13-4-6-14(7-5-13)18-11-15(17)8-2-3-9-15/h4-7,17H,2-3,8-11H2,1H3. The molecule has 0 atom stereocenters. The van der Waals surface area contributed by atoms with E-state index in [1.807, 2.05) is 24.3 Å². The van der Waals surface area contributed by atoms with Gasteiger partial charge in [0.1, 0.15) is 18.1 Å². The largest absolute Gasteiger partial charge is 0.491 e. The van der Waals surface area contributed by atoms with Gasteiger partial charge < -0.3 is 9.84 Å². The van der Waals surface area contributed by atoms with Crippen molar-refractivity contribution < 1.29 is 14.6 Å². The number of ketones is 1. The average molecular weight is 248 g/mol. The predicted octanol–water partition coefficient (Wildman–Crippen LogP) is 2.50. The van der Waals surface area contributed by atoms with Gasteiger partial charge in [-0.05, 0) is 37.5 Å². The summed E-state index contributed by atoms with van der Waals surface area (Å²) < 4.78 is 5.62. The number of hydrogen-bond acceptors (Lipinski definition) is 3. The molecule has 0 bridgehead atoms. The first-order valence-corrected chi connectivity index (χ1v) is 6.51. The third-order valence-electron chi connectivity index (χ3n) is 3.42. The molecule has 2 rings (SSSR count). The van der Waals surface area contributed by atoms with Gasteiger partial charge in [0, 0.05) is 6.42 Å². The van der Waals surface area contributed by atoms with Crippen LogP contribution in [0.25, 0.3) is 0 Å². The van der Waals surface area contributed by atoms with Crippen LogP contribution in [0.5, 0.6) is 5.75 Å². The van der Waals surface area contributed by atoms with E-state index in [4.69, 9.17) is 4.74 Å². The Morgan fingerprint density at radius 1 is 1.28 bits per heavy atom. The summed E-state index contributed by atoms with van der Waals surface area (Å²) in [5.74, 6) is 0.909. The molecule has 18 heavy (non-hydrogen) atoms. The van der Waals surface area contributed by atoms with Crippen LogP contribution in [0, 0.1) is 0 Å². The van der Waals surface area contributed by atoms with Gasteiger partial charge in [-0.15, -0.1) is 0 Å². The molecule has 1 aromatic rings. The van der Waals surface area contributed by atoms with Gasteiger partial charge in [0.05, 0.1) is 5.60 Å². The number of hydrogen-bond donors (Lipinski definition) is 1. The lowest BCUT2D eigenvalue weighted by Crippen LogP contribution is -2.32. The van der Waals surface area contributed by atoms with Crippen LogP contribution in [0.2, 0.25) is 0 Å². The maximum atomic E-state index is 11.0. The summed E-state index contributed by atoms with van der Waals surface area (Å²) in [5, 5.41) is 10.2. The van der Waals surface area contributed by atoms with Crippen molar-refractivity contribution in [3.8, 4) is 5.75 Å². The molecule has 1 fully saturated rings. The van der Waals surface area contributed by atoms with Gasteiger partial charge in [0.25, 0.3) is 0 Å². The lowest BCUT2D eigenvalue weighted by Gasteiger charge is -2.22. The highest BCUT2D eigenvalue weighted by molar-refractivity contribution is 5.78. The predicted molar refractivity (Wildman–Crippen MR) is 69.7 cm³/mol. The molecule has 1 saturated carbocycles. The van der Waals surface area contributed by atoms with Crippen LogP contribution in [-0.4, -0.2) is 23.1 Å². The SMILES string of the molecule is CC(=O)Cc1ccc(OCC2(O)CCCC2)cc1. The van der Waals surface area contributed by atoms with Crippen LogP contribution in [0.4, 0.5) is 0 Å². The van der Waals surface area contributed by atoms with E-state index in [0.717, 1.165) is 37.0 Å². The zero-order valence-corrected chi connectivity index (χ0v) is 10.8. The molecule has 0 heterocycles. The zero-order chi connectivity index (χ0) is 13.0. The number of carbonyl (C=O) groups is 1. The smallest absolute Gasteiger partial charge is 0.134 e. The third kappa shape index (κ3) is 3.57. The van der Waals surface area contributed by atoms with Crippen LogP contribution in [0.15, 0.2) is 24.3 Å². The van der Waals surface area contributed by atoms with Crippen molar-refractivity contribution in [2.45, 2.75) is 44.6 Å². The monoisotopic (exact) mass is 248 g/mol. The van der Waals surface area contributed by atoms with Gasteiger partial charge in [-0.1, -0.05) is 25.0 Å². The van der Waals surface area contributed by atoms with Gasteiger partial charge in [-0.25, -0.2) is 0 Å². The molecule has 1 aliphatic carbocycles. The molecule has 0 aliphatic heterocycles. The summed E-state index contributed by atoms with van der Waals surface area (Å²) in [6.07, 6.45) is 4.28. The van der Waals surface area contributed by atoms with Crippen LogP contribution < -0.4 is 4.74 Å². The minimum absolute atomic E-state index is 0.156. The Balaban J connectivity index is 1.88. The highest BCUT2D eigenvalue weighted by Gasteiger charge is 2.31. The van der Waals surface area contributed by atoms with Crippen LogP contribution in [0.3, 0.4) is 0 Å². The molecule has 3 nitrogen and oxygen atoms in total. The van der Waals surface area contributed by atoms with Crippen LogP contribution in [0.1, 0.15) is 38.2 Å². The Bertz CT molecular complexity index is 402. The molecular formula is C15H20O3. The Kier molecular flexibility index (Phi) is 4.02. The second-order valence-electron chi connectivity index (χ2n) is 5.24. The molecule has 0 radical (unpaired) electrons. The van der Waals surface area contributed by atoms with Gasteiger partial charge >= 0.3 is 0 Å². The molecule has 0 spiro atoms. The van der Waals surface area contributed by atoms with E-state index in [2.05, 4.69) is 0 Å². The van der Waals surface area contributed by atoms with E-state index in [-0.39, 0.29) is 5.78 Å². The van der Waals surface area contributed by atoms with E-state index in [9.17, 15) is 9.90 Å². The molecule has 3 heteroatoms. The summed E-state index contributed by atoms with van der Waals surface area (Å²) in [7, 11) is 0. The highest BCUT2D eigenvalue weighted by atomic mass is 16.5. The fourth-order valence-corrected chi connectivity index (χ4v) is 2.39. The Morgan fingerprint density at radius 3 is 2.44 bits per heavy atom. The number of ether oxygens (including phenoxy) is 1. The molecule has 0 saturated heterocycles. The van der Waals surface area contributed by atoms with Crippen LogP contribution >= 0.6 is 0 Å².